The van der Waals surface area contributed by atoms with Crippen LogP contribution in [0.3, 0.4) is 0 Å². The molecule has 0 saturated carbocycles. The van der Waals surface area contributed by atoms with Gasteiger partial charge in [0, 0.05) is 23.8 Å². The van der Waals surface area contributed by atoms with Crippen LogP contribution in [0.5, 0.6) is 0 Å². The summed E-state index contributed by atoms with van der Waals surface area (Å²) in [7, 11) is 0. The van der Waals surface area contributed by atoms with Crippen molar-refractivity contribution in [2.75, 3.05) is 11.9 Å². The second kappa shape index (κ2) is 7.93. The predicted octanol–water partition coefficient (Wildman–Crippen LogP) is 3.98. The van der Waals surface area contributed by atoms with Crippen molar-refractivity contribution in [3.63, 3.8) is 0 Å². The van der Waals surface area contributed by atoms with Crippen LogP contribution in [0.2, 0.25) is 0 Å². The monoisotopic (exact) mass is 276 g/mol. The molecule has 0 bridgehead atoms. The highest BCUT2D eigenvalue weighted by atomic mass is 16.1. The van der Waals surface area contributed by atoms with Gasteiger partial charge in [-0.25, -0.2) is 0 Å². The van der Waals surface area contributed by atoms with Crippen molar-refractivity contribution in [3.8, 4) is 0 Å². The van der Waals surface area contributed by atoms with Crippen molar-refractivity contribution in [1.29, 1.82) is 0 Å². The van der Waals surface area contributed by atoms with Gasteiger partial charge in [0.25, 0.3) is 5.91 Å². The molecule has 2 unspecified atom stereocenters. The number of hydrogen-bond donors (Lipinski definition) is 2. The molecule has 20 heavy (non-hydrogen) atoms. The van der Waals surface area contributed by atoms with Crippen LogP contribution in [-0.2, 0) is 0 Å². The maximum absolute atomic E-state index is 12.3. The molecule has 0 aliphatic rings. The second-order valence-corrected chi connectivity index (χ2v) is 5.68. The zero-order valence-corrected chi connectivity index (χ0v) is 13.4. The van der Waals surface area contributed by atoms with E-state index in [-0.39, 0.29) is 11.9 Å². The minimum Gasteiger partial charge on any atom is -0.385 e. The lowest BCUT2D eigenvalue weighted by Gasteiger charge is -2.18. The summed E-state index contributed by atoms with van der Waals surface area (Å²) in [5.41, 5.74) is 2.84. The Morgan fingerprint density at radius 1 is 1.25 bits per heavy atom. The number of anilines is 1. The van der Waals surface area contributed by atoms with E-state index in [1.165, 1.54) is 0 Å². The summed E-state index contributed by atoms with van der Waals surface area (Å²) >= 11 is 0. The summed E-state index contributed by atoms with van der Waals surface area (Å²) in [6.07, 6.45) is 2.17. The summed E-state index contributed by atoms with van der Waals surface area (Å²) in [4.78, 5) is 12.3. The average Bonchev–Trinajstić information content (AvgIpc) is 2.38. The highest BCUT2D eigenvalue weighted by Gasteiger charge is 2.14. The molecule has 3 nitrogen and oxygen atoms in total. The number of nitrogens with one attached hydrogen (secondary N) is 2. The normalized spacial score (nSPS) is 13.7. The standard InChI is InChI=1S/C17H28N2O/c1-6-12(3)10-14(5)19-17(20)16-9-8-15(18-7-2)11-13(16)4/h8-9,11-12,14,18H,6-7,10H2,1-5H3,(H,19,20). The van der Waals surface area contributed by atoms with Gasteiger partial charge in [-0.3, -0.25) is 4.79 Å². The molecule has 0 aliphatic carbocycles. The minimum atomic E-state index is 0.0290. The first-order valence-corrected chi connectivity index (χ1v) is 7.63. The van der Waals surface area contributed by atoms with Gasteiger partial charge >= 0.3 is 0 Å². The molecule has 2 N–H and O–H groups in total. The fourth-order valence-corrected chi connectivity index (χ4v) is 2.36. The maximum atomic E-state index is 12.3. The Morgan fingerprint density at radius 2 is 1.95 bits per heavy atom. The van der Waals surface area contributed by atoms with Crippen molar-refractivity contribution in [2.45, 2.75) is 53.5 Å². The van der Waals surface area contributed by atoms with E-state index in [9.17, 15) is 4.79 Å². The predicted molar refractivity (Wildman–Crippen MR) is 86.3 cm³/mol. The van der Waals surface area contributed by atoms with E-state index in [1.54, 1.807) is 0 Å². The van der Waals surface area contributed by atoms with Crippen molar-refractivity contribution in [1.82, 2.24) is 5.32 Å². The molecule has 0 aliphatic heterocycles. The fraction of sp³-hybridized carbons (Fsp3) is 0.588. The van der Waals surface area contributed by atoms with Crippen LogP contribution in [0.4, 0.5) is 5.69 Å². The zero-order valence-electron chi connectivity index (χ0n) is 13.4. The Hall–Kier alpha value is -1.51. The molecule has 3 heteroatoms. The number of carbonyl (C=O) groups is 1. The van der Waals surface area contributed by atoms with E-state index in [0.29, 0.717) is 5.92 Å². The molecule has 1 aromatic rings. The Bertz CT molecular complexity index is 443. The molecule has 0 fully saturated rings. The van der Waals surface area contributed by atoms with Gasteiger partial charge in [-0.2, -0.15) is 0 Å². The molecule has 0 saturated heterocycles. The quantitative estimate of drug-likeness (QED) is 0.791. The first-order valence-electron chi connectivity index (χ1n) is 7.63. The Labute approximate surface area is 123 Å². The van der Waals surface area contributed by atoms with Gasteiger partial charge in [0.2, 0.25) is 0 Å². The summed E-state index contributed by atoms with van der Waals surface area (Å²) in [6, 6.07) is 6.10. The zero-order chi connectivity index (χ0) is 15.1. The number of hydrogen-bond acceptors (Lipinski definition) is 2. The van der Waals surface area contributed by atoms with Crippen LogP contribution >= 0.6 is 0 Å². The van der Waals surface area contributed by atoms with E-state index in [2.05, 4.69) is 38.3 Å². The number of rotatable bonds is 7. The molecule has 1 aromatic carbocycles. The van der Waals surface area contributed by atoms with Crippen molar-refractivity contribution in [2.24, 2.45) is 5.92 Å². The molecule has 0 aromatic heterocycles. The lowest BCUT2D eigenvalue weighted by molar-refractivity contribution is 0.0935. The Morgan fingerprint density at radius 3 is 2.50 bits per heavy atom. The number of amides is 1. The lowest BCUT2D eigenvalue weighted by Crippen LogP contribution is -2.34. The first-order chi connectivity index (χ1) is 9.47. The maximum Gasteiger partial charge on any atom is 0.251 e. The third-order valence-corrected chi connectivity index (χ3v) is 3.68. The molecule has 112 valence electrons. The van der Waals surface area contributed by atoms with Gasteiger partial charge < -0.3 is 10.6 Å². The van der Waals surface area contributed by atoms with Crippen molar-refractivity contribution in [3.05, 3.63) is 29.3 Å². The van der Waals surface area contributed by atoms with Crippen LogP contribution in [0.25, 0.3) is 0 Å². The number of benzene rings is 1. The average molecular weight is 276 g/mol. The largest absolute Gasteiger partial charge is 0.385 e. The third kappa shape index (κ3) is 4.87. The fourth-order valence-electron chi connectivity index (χ4n) is 2.36. The molecule has 2 atom stereocenters. The van der Waals surface area contributed by atoms with Crippen molar-refractivity contribution < 1.29 is 4.79 Å². The van der Waals surface area contributed by atoms with Gasteiger partial charge in [-0.1, -0.05) is 20.3 Å². The molecule has 0 radical (unpaired) electrons. The third-order valence-electron chi connectivity index (χ3n) is 3.68. The van der Waals surface area contributed by atoms with E-state index in [1.807, 2.05) is 25.1 Å². The van der Waals surface area contributed by atoms with Crippen LogP contribution in [-0.4, -0.2) is 18.5 Å². The second-order valence-electron chi connectivity index (χ2n) is 5.68. The lowest BCUT2D eigenvalue weighted by atomic mass is 10.00. The van der Waals surface area contributed by atoms with Gasteiger partial charge in [-0.05, 0) is 56.9 Å². The summed E-state index contributed by atoms with van der Waals surface area (Å²) in [6.45, 7) is 11.4. The van der Waals surface area contributed by atoms with E-state index in [0.717, 1.165) is 36.2 Å². The Balaban J connectivity index is 2.67. The smallest absolute Gasteiger partial charge is 0.251 e. The molecular weight excluding hydrogens is 248 g/mol. The molecular formula is C17H28N2O. The van der Waals surface area contributed by atoms with E-state index < -0.39 is 0 Å². The summed E-state index contributed by atoms with van der Waals surface area (Å²) < 4.78 is 0. The van der Waals surface area contributed by atoms with Gasteiger partial charge in [0.05, 0.1) is 0 Å². The molecule has 0 spiro atoms. The Kier molecular flexibility index (Phi) is 6.56. The number of carbonyl (C=O) groups excluding carboxylic acids is 1. The highest BCUT2D eigenvalue weighted by Crippen LogP contribution is 2.16. The van der Waals surface area contributed by atoms with Crippen LogP contribution in [0.1, 0.15) is 56.5 Å². The molecule has 0 heterocycles. The van der Waals surface area contributed by atoms with Crippen LogP contribution in [0, 0.1) is 12.8 Å². The van der Waals surface area contributed by atoms with Gasteiger partial charge in [0.15, 0.2) is 0 Å². The summed E-state index contributed by atoms with van der Waals surface area (Å²) in [5, 5.41) is 6.35. The van der Waals surface area contributed by atoms with E-state index in [4.69, 9.17) is 0 Å². The van der Waals surface area contributed by atoms with E-state index >= 15 is 0 Å². The SMILES string of the molecule is CCNc1ccc(C(=O)NC(C)CC(C)CC)c(C)c1. The highest BCUT2D eigenvalue weighted by molar-refractivity contribution is 5.96. The van der Waals surface area contributed by atoms with Gasteiger partial charge in [0.1, 0.15) is 0 Å². The van der Waals surface area contributed by atoms with Crippen molar-refractivity contribution >= 4 is 11.6 Å². The summed E-state index contributed by atoms with van der Waals surface area (Å²) in [5.74, 6) is 0.670. The topological polar surface area (TPSA) is 41.1 Å². The van der Waals surface area contributed by atoms with Crippen LogP contribution in [0.15, 0.2) is 18.2 Å². The molecule has 1 amide bonds. The molecule has 1 rings (SSSR count). The number of aryl methyl sites for hydroxylation is 1. The van der Waals surface area contributed by atoms with Crippen LogP contribution < -0.4 is 10.6 Å². The first kappa shape index (κ1) is 16.5. The minimum absolute atomic E-state index is 0.0290. The van der Waals surface area contributed by atoms with Gasteiger partial charge in [-0.15, -0.1) is 0 Å².